The van der Waals surface area contributed by atoms with E-state index in [-0.39, 0.29) is 31.9 Å². The minimum Gasteiger partial charge on any atom is -0.659 e. The Bertz CT molecular complexity index is 1590. The molecule has 0 saturated heterocycles. The molecule has 1 aliphatic rings. The van der Waals surface area contributed by atoms with Gasteiger partial charge in [0.25, 0.3) is 0 Å². The molecular weight excluding hydrogens is 675 g/mol. The van der Waals surface area contributed by atoms with Gasteiger partial charge in [0.2, 0.25) is 0 Å². The fourth-order valence-electron chi connectivity index (χ4n) is 5.12. The molecule has 5 aromatic heterocycles. The second-order valence-electron chi connectivity index (χ2n) is 12.5. The van der Waals surface area contributed by atoms with E-state index >= 15 is 0 Å². The first-order valence-corrected chi connectivity index (χ1v) is 13.8. The third-order valence-electron chi connectivity index (χ3n) is 7.44. The number of nitrogens with zero attached hydrogens (tertiary/aromatic N) is 6. The zero-order valence-corrected chi connectivity index (χ0v) is 26.8. The first kappa shape index (κ1) is 29.9. The maximum atomic E-state index is 5.07. The van der Waals surface area contributed by atoms with Crippen LogP contribution in [-0.4, -0.2) is 20.1 Å². The van der Waals surface area contributed by atoms with Crippen molar-refractivity contribution < 1.29 is 21.1 Å². The molecule has 5 aromatic rings. The minimum absolute atomic E-state index is 0. The summed E-state index contributed by atoms with van der Waals surface area (Å²) in [5, 5.41) is 11.0. The Hall–Kier alpha value is -3.11. The molecule has 0 bridgehead atoms. The number of fused-ring (bicyclic) bond motifs is 2. The van der Waals surface area contributed by atoms with E-state index in [0.29, 0.717) is 0 Å². The van der Waals surface area contributed by atoms with E-state index in [2.05, 4.69) is 92.9 Å². The Labute approximate surface area is 252 Å². The van der Waals surface area contributed by atoms with E-state index in [0.717, 1.165) is 57.8 Å². The third-order valence-corrected chi connectivity index (χ3v) is 7.44. The molecule has 6 nitrogen and oxygen atoms in total. The summed E-state index contributed by atoms with van der Waals surface area (Å²) in [6.07, 6.45) is 12.0. The predicted molar refractivity (Wildman–Crippen MR) is 158 cm³/mol. The quantitative estimate of drug-likeness (QED) is 0.194. The summed E-state index contributed by atoms with van der Waals surface area (Å²) in [5.74, 6) is 0. The van der Waals surface area contributed by atoms with Crippen LogP contribution in [0.4, 0.5) is 0 Å². The molecule has 0 aliphatic heterocycles. The molecule has 0 aromatic carbocycles. The SMILES string of the molecule is CC(C)(C)c1ccncc1.Cc1[n-]c(-c2cc3cnccc3c(-c3cc(C(C)(C)C)n[n-]3)n2)c2c1CCCC2.[Pt+2]. The molecule has 0 spiro atoms. The van der Waals surface area contributed by atoms with Gasteiger partial charge in [-0.2, -0.15) is 5.69 Å². The first-order chi connectivity index (χ1) is 18.5. The van der Waals surface area contributed by atoms with Gasteiger partial charge < -0.3 is 15.2 Å². The van der Waals surface area contributed by atoms with Crippen LogP contribution in [0.15, 0.2) is 55.1 Å². The van der Waals surface area contributed by atoms with Crippen LogP contribution in [-0.2, 0) is 44.7 Å². The Balaban J connectivity index is 0.000000287. The molecule has 0 amide bonds. The zero-order chi connectivity index (χ0) is 27.8. The molecule has 210 valence electrons. The Morgan fingerprint density at radius 1 is 0.800 bits per heavy atom. The standard InChI is InChI=1S/C24H25N5.C9H13N.Pt/c1-14-16-7-5-6-8-18(16)23(26-14)19-11-15-13-25-10-9-17(15)22(27-19)20-12-21(29-28-20)24(2,3)4;1-9(2,3)8-4-6-10-7-5-8;/h9-13H,5-8H2,1-4H3;4-7H,1-3H3;/q-2;;+2. The number of hydrogen-bond acceptors (Lipinski definition) is 4. The normalized spacial score (nSPS) is 13.3. The summed E-state index contributed by atoms with van der Waals surface area (Å²) >= 11 is 0. The molecular formula is C33H38N6Pt. The Morgan fingerprint density at radius 2 is 1.48 bits per heavy atom. The van der Waals surface area contributed by atoms with E-state index in [4.69, 9.17) is 9.97 Å². The van der Waals surface area contributed by atoms with Crippen LogP contribution < -0.4 is 10.1 Å². The second kappa shape index (κ2) is 11.8. The molecule has 5 heterocycles. The zero-order valence-electron chi connectivity index (χ0n) is 24.5. The van der Waals surface area contributed by atoms with Crippen molar-refractivity contribution in [1.82, 2.24) is 30.1 Å². The van der Waals surface area contributed by atoms with E-state index in [1.807, 2.05) is 24.7 Å². The van der Waals surface area contributed by atoms with Crippen molar-refractivity contribution in [3.8, 4) is 22.8 Å². The van der Waals surface area contributed by atoms with Gasteiger partial charge in [-0.25, -0.2) is 0 Å². The molecule has 6 rings (SSSR count). The monoisotopic (exact) mass is 713 g/mol. The average molecular weight is 714 g/mol. The molecule has 40 heavy (non-hydrogen) atoms. The Kier molecular flexibility index (Phi) is 8.80. The maximum absolute atomic E-state index is 5.07. The van der Waals surface area contributed by atoms with Gasteiger partial charge >= 0.3 is 21.1 Å². The molecule has 7 heteroatoms. The number of aryl methyl sites for hydroxylation is 1. The van der Waals surface area contributed by atoms with Gasteiger partial charge in [0.1, 0.15) is 0 Å². The van der Waals surface area contributed by atoms with Gasteiger partial charge in [-0.3, -0.25) is 15.0 Å². The van der Waals surface area contributed by atoms with Gasteiger partial charge in [0, 0.05) is 52.4 Å². The minimum atomic E-state index is -0.0519. The van der Waals surface area contributed by atoms with E-state index in [1.165, 1.54) is 29.5 Å². The number of hydrogen-bond donors (Lipinski definition) is 0. The van der Waals surface area contributed by atoms with E-state index in [1.54, 1.807) is 6.20 Å². The van der Waals surface area contributed by atoms with Crippen LogP contribution in [0.25, 0.3) is 33.5 Å². The molecule has 0 atom stereocenters. The average Bonchev–Trinajstić information content (AvgIpc) is 3.54. The maximum Gasteiger partial charge on any atom is 2.00 e. The van der Waals surface area contributed by atoms with Crippen LogP contribution in [0.3, 0.4) is 0 Å². The van der Waals surface area contributed by atoms with Crippen LogP contribution in [0.1, 0.15) is 82.5 Å². The molecule has 0 radical (unpaired) electrons. The van der Waals surface area contributed by atoms with Crippen molar-refractivity contribution in [3.63, 3.8) is 0 Å². The number of pyridine rings is 3. The molecule has 1 aliphatic carbocycles. The fourth-order valence-corrected chi connectivity index (χ4v) is 5.12. The van der Waals surface area contributed by atoms with Gasteiger partial charge in [-0.1, -0.05) is 71.4 Å². The second-order valence-corrected chi connectivity index (χ2v) is 12.5. The predicted octanol–water partition coefficient (Wildman–Crippen LogP) is 7.13. The number of aromatic nitrogens is 6. The van der Waals surface area contributed by atoms with Crippen LogP contribution in [0.2, 0.25) is 0 Å². The molecule has 0 fully saturated rings. The number of rotatable bonds is 2. The van der Waals surface area contributed by atoms with Gasteiger partial charge in [0.05, 0.1) is 5.69 Å². The first-order valence-electron chi connectivity index (χ1n) is 13.8. The van der Waals surface area contributed by atoms with Crippen molar-refractivity contribution in [3.05, 3.63) is 83.2 Å². The Morgan fingerprint density at radius 3 is 2.10 bits per heavy atom. The van der Waals surface area contributed by atoms with E-state index < -0.39 is 0 Å². The largest absolute Gasteiger partial charge is 2.00 e. The van der Waals surface area contributed by atoms with Crippen LogP contribution >= 0.6 is 0 Å². The molecule has 0 unspecified atom stereocenters. The van der Waals surface area contributed by atoms with Gasteiger partial charge in [-0.05, 0) is 60.9 Å². The van der Waals surface area contributed by atoms with Gasteiger partial charge in [0.15, 0.2) is 0 Å². The summed E-state index contributed by atoms with van der Waals surface area (Å²) in [5.41, 5.74) is 10.1. The van der Waals surface area contributed by atoms with Crippen molar-refractivity contribution in [2.24, 2.45) is 0 Å². The molecule has 0 saturated carbocycles. The third kappa shape index (κ3) is 6.28. The van der Waals surface area contributed by atoms with E-state index in [9.17, 15) is 0 Å². The topological polar surface area (TPSA) is 79.8 Å². The van der Waals surface area contributed by atoms with Crippen LogP contribution in [0.5, 0.6) is 0 Å². The molecule has 0 N–H and O–H groups in total. The van der Waals surface area contributed by atoms with Crippen molar-refractivity contribution in [1.29, 1.82) is 0 Å². The summed E-state index contributed by atoms with van der Waals surface area (Å²) in [6.45, 7) is 15.2. The summed E-state index contributed by atoms with van der Waals surface area (Å²) < 4.78 is 0. The van der Waals surface area contributed by atoms with Crippen molar-refractivity contribution in [2.75, 3.05) is 0 Å². The summed E-state index contributed by atoms with van der Waals surface area (Å²) in [7, 11) is 0. The summed E-state index contributed by atoms with van der Waals surface area (Å²) in [6, 6.07) is 10.3. The summed E-state index contributed by atoms with van der Waals surface area (Å²) in [4.78, 5) is 18.3. The van der Waals surface area contributed by atoms with Crippen LogP contribution in [0, 0.1) is 6.92 Å². The van der Waals surface area contributed by atoms with Crippen molar-refractivity contribution in [2.45, 2.75) is 85.0 Å². The van der Waals surface area contributed by atoms with Crippen molar-refractivity contribution >= 4 is 10.8 Å². The smallest absolute Gasteiger partial charge is 0.659 e. The van der Waals surface area contributed by atoms with Gasteiger partial charge in [-0.15, -0.1) is 5.69 Å². The fraction of sp³-hybridized carbons (Fsp3) is 0.394.